The van der Waals surface area contributed by atoms with E-state index in [4.69, 9.17) is 16.3 Å². The second kappa shape index (κ2) is 8.17. The third-order valence-electron chi connectivity index (χ3n) is 4.32. The van der Waals surface area contributed by atoms with Gasteiger partial charge in [-0.3, -0.25) is 0 Å². The molecule has 3 unspecified atom stereocenters. The highest BCUT2D eigenvalue weighted by molar-refractivity contribution is 6.31. The summed E-state index contributed by atoms with van der Waals surface area (Å²) in [6, 6.07) is 8.04. The van der Waals surface area contributed by atoms with E-state index in [0.717, 1.165) is 48.4 Å². The molecule has 0 saturated heterocycles. The van der Waals surface area contributed by atoms with E-state index in [-0.39, 0.29) is 6.10 Å². The van der Waals surface area contributed by atoms with Crippen LogP contribution in [0.25, 0.3) is 0 Å². The molecule has 21 heavy (non-hydrogen) atoms. The second-order valence-corrected chi connectivity index (χ2v) is 6.90. The number of halogens is 1. The molecule has 0 aliphatic heterocycles. The zero-order valence-electron chi connectivity index (χ0n) is 13.4. The molecule has 1 fully saturated rings. The number of likely N-dealkylation sites (N-methyl/N-ethyl adjacent to an activating group) is 1. The molecular weight excluding hydrogens is 282 g/mol. The van der Waals surface area contributed by atoms with Crippen LogP contribution in [0.5, 0.6) is 0 Å². The van der Waals surface area contributed by atoms with Crippen molar-refractivity contribution < 1.29 is 4.74 Å². The molecule has 0 spiro atoms. The maximum Gasteiger partial charge on any atom is 0.0967 e. The van der Waals surface area contributed by atoms with Crippen LogP contribution in [0.2, 0.25) is 5.02 Å². The molecule has 1 aromatic carbocycles. The zero-order valence-corrected chi connectivity index (χ0v) is 14.2. The lowest BCUT2D eigenvalue weighted by Crippen LogP contribution is -2.31. The van der Waals surface area contributed by atoms with E-state index in [9.17, 15) is 0 Å². The molecule has 1 aliphatic carbocycles. The number of nitrogens with one attached hydrogen (secondary N) is 1. The SMILES string of the molecule is CCNCC(OC1CC(C)CC(C)C1)c1ccccc1Cl. The highest BCUT2D eigenvalue weighted by atomic mass is 35.5. The van der Waals surface area contributed by atoms with Crippen LogP contribution < -0.4 is 5.32 Å². The fraction of sp³-hybridized carbons (Fsp3) is 0.667. The van der Waals surface area contributed by atoms with E-state index in [1.807, 2.05) is 18.2 Å². The zero-order chi connectivity index (χ0) is 15.2. The van der Waals surface area contributed by atoms with Crippen molar-refractivity contribution in [3.8, 4) is 0 Å². The van der Waals surface area contributed by atoms with Crippen molar-refractivity contribution in [3.05, 3.63) is 34.9 Å². The van der Waals surface area contributed by atoms with Crippen LogP contribution in [-0.2, 0) is 4.74 Å². The van der Waals surface area contributed by atoms with Gasteiger partial charge in [0.1, 0.15) is 0 Å². The molecule has 0 aromatic heterocycles. The van der Waals surface area contributed by atoms with Gasteiger partial charge in [0.05, 0.1) is 12.2 Å². The standard InChI is InChI=1S/C18H28ClNO/c1-4-20-12-18(16-7-5-6-8-17(16)19)21-15-10-13(2)9-14(3)11-15/h5-8,13-15,18,20H,4,9-12H2,1-3H3. The van der Waals surface area contributed by atoms with Gasteiger partial charge in [-0.2, -0.15) is 0 Å². The number of hydrogen-bond acceptors (Lipinski definition) is 2. The Balaban J connectivity index is 2.07. The molecular formula is C18H28ClNO. The predicted molar refractivity (Wildman–Crippen MR) is 89.8 cm³/mol. The first-order valence-corrected chi connectivity index (χ1v) is 8.58. The normalized spacial score (nSPS) is 27.5. The predicted octanol–water partition coefficient (Wildman–Crippen LogP) is 4.83. The number of benzene rings is 1. The van der Waals surface area contributed by atoms with Crippen molar-refractivity contribution in [2.75, 3.05) is 13.1 Å². The molecule has 3 heteroatoms. The van der Waals surface area contributed by atoms with Crippen molar-refractivity contribution in [1.29, 1.82) is 0 Å². The van der Waals surface area contributed by atoms with Gasteiger partial charge in [-0.25, -0.2) is 0 Å². The Morgan fingerprint density at radius 1 is 1.19 bits per heavy atom. The van der Waals surface area contributed by atoms with Crippen molar-refractivity contribution in [3.63, 3.8) is 0 Å². The van der Waals surface area contributed by atoms with Crippen LogP contribution in [0.4, 0.5) is 0 Å². The van der Waals surface area contributed by atoms with E-state index in [1.54, 1.807) is 0 Å². The third kappa shape index (κ3) is 4.98. The van der Waals surface area contributed by atoms with E-state index in [0.29, 0.717) is 6.10 Å². The largest absolute Gasteiger partial charge is 0.369 e. The lowest BCUT2D eigenvalue weighted by atomic mass is 9.81. The number of ether oxygens (including phenoxy) is 1. The van der Waals surface area contributed by atoms with Gasteiger partial charge in [0.25, 0.3) is 0 Å². The molecule has 1 aromatic rings. The van der Waals surface area contributed by atoms with Gasteiger partial charge in [0.15, 0.2) is 0 Å². The Bertz CT molecular complexity index is 427. The molecule has 2 nitrogen and oxygen atoms in total. The highest BCUT2D eigenvalue weighted by Crippen LogP contribution is 2.34. The molecule has 1 aliphatic rings. The summed E-state index contributed by atoms with van der Waals surface area (Å²) in [6.45, 7) is 8.55. The summed E-state index contributed by atoms with van der Waals surface area (Å²) < 4.78 is 6.45. The third-order valence-corrected chi connectivity index (χ3v) is 4.67. The minimum absolute atomic E-state index is 0.0427. The Labute approximate surface area is 134 Å². The van der Waals surface area contributed by atoms with Gasteiger partial charge in [0.2, 0.25) is 0 Å². The minimum Gasteiger partial charge on any atom is -0.369 e. The molecule has 0 radical (unpaired) electrons. The van der Waals surface area contributed by atoms with Gasteiger partial charge in [0, 0.05) is 17.1 Å². The summed E-state index contributed by atoms with van der Waals surface area (Å²) >= 11 is 6.37. The van der Waals surface area contributed by atoms with Crippen molar-refractivity contribution in [2.24, 2.45) is 11.8 Å². The van der Waals surface area contributed by atoms with Crippen LogP contribution in [0.15, 0.2) is 24.3 Å². The lowest BCUT2D eigenvalue weighted by Gasteiger charge is -2.34. The Hall–Kier alpha value is -0.570. The van der Waals surface area contributed by atoms with E-state index in [1.165, 1.54) is 6.42 Å². The highest BCUT2D eigenvalue weighted by Gasteiger charge is 2.27. The van der Waals surface area contributed by atoms with Crippen molar-refractivity contribution in [2.45, 2.75) is 52.2 Å². The monoisotopic (exact) mass is 309 g/mol. The first kappa shape index (κ1) is 16.8. The first-order valence-electron chi connectivity index (χ1n) is 8.20. The van der Waals surface area contributed by atoms with Crippen LogP contribution in [0.1, 0.15) is 51.7 Å². The lowest BCUT2D eigenvalue weighted by molar-refractivity contribution is -0.0495. The van der Waals surface area contributed by atoms with Gasteiger partial charge < -0.3 is 10.1 Å². The van der Waals surface area contributed by atoms with Crippen LogP contribution in [-0.4, -0.2) is 19.2 Å². The molecule has 0 heterocycles. The molecule has 0 bridgehead atoms. The Morgan fingerprint density at radius 3 is 2.48 bits per heavy atom. The molecule has 1 N–H and O–H groups in total. The summed E-state index contributed by atoms with van der Waals surface area (Å²) in [4.78, 5) is 0. The van der Waals surface area contributed by atoms with Crippen molar-refractivity contribution in [1.82, 2.24) is 5.32 Å². The van der Waals surface area contributed by atoms with Gasteiger partial charge in [-0.15, -0.1) is 0 Å². The summed E-state index contributed by atoms with van der Waals surface area (Å²) in [5, 5.41) is 4.21. The quantitative estimate of drug-likeness (QED) is 0.812. The summed E-state index contributed by atoms with van der Waals surface area (Å²) in [5.74, 6) is 1.51. The average molecular weight is 310 g/mol. The van der Waals surface area contributed by atoms with Crippen LogP contribution in [0.3, 0.4) is 0 Å². The van der Waals surface area contributed by atoms with E-state index in [2.05, 4.69) is 32.2 Å². The smallest absolute Gasteiger partial charge is 0.0967 e. The maximum atomic E-state index is 6.45. The topological polar surface area (TPSA) is 21.3 Å². The fourth-order valence-electron chi connectivity index (χ4n) is 3.46. The van der Waals surface area contributed by atoms with E-state index < -0.39 is 0 Å². The molecule has 3 atom stereocenters. The van der Waals surface area contributed by atoms with Gasteiger partial charge >= 0.3 is 0 Å². The molecule has 1 saturated carbocycles. The Kier molecular flexibility index (Phi) is 6.53. The van der Waals surface area contributed by atoms with Crippen LogP contribution in [0, 0.1) is 11.8 Å². The average Bonchev–Trinajstić information content (AvgIpc) is 2.43. The van der Waals surface area contributed by atoms with Gasteiger partial charge in [-0.05, 0) is 43.7 Å². The molecule has 118 valence electrons. The number of hydrogen-bond donors (Lipinski definition) is 1. The fourth-order valence-corrected chi connectivity index (χ4v) is 3.72. The number of rotatable bonds is 6. The van der Waals surface area contributed by atoms with Crippen LogP contribution >= 0.6 is 11.6 Å². The Morgan fingerprint density at radius 2 is 1.86 bits per heavy atom. The van der Waals surface area contributed by atoms with Crippen molar-refractivity contribution >= 4 is 11.6 Å². The minimum atomic E-state index is 0.0427. The first-order chi connectivity index (χ1) is 10.1. The molecule has 0 amide bonds. The second-order valence-electron chi connectivity index (χ2n) is 6.49. The van der Waals surface area contributed by atoms with E-state index >= 15 is 0 Å². The summed E-state index contributed by atoms with van der Waals surface area (Å²) in [7, 11) is 0. The van der Waals surface area contributed by atoms with Gasteiger partial charge in [-0.1, -0.05) is 50.6 Å². The summed E-state index contributed by atoms with van der Waals surface area (Å²) in [6.07, 6.45) is 4.04. The maximum absolute atomic E-state index is 6.45. The summed E-state index contributed by atoms with van der Waals surface area (Å²) in [5.41, 5.74) is 1.10. The molecule has 2 rings (SSSR count).